The molecule has 0 spiro atoms. The van der Waals surface area contributed by atoms with E-state index in [1.54, 1.807) is 6.92 Å². The van der Waals surface area contributed by atoms with Gasteiger partial charge in [-0.2, -0.15) is 8.42 Å². The summed E-state index contributed by atoms with van der Waals surface area (Å²) in [5, 5.41) is 7.74. The standard InChI is InChI=1S/C11H16N6O2S/c1-4-8-9(5-2)15-16-11(14-8)17-20(18,19)10-6-12-7(3)13-10/h6H,4-5H2,1-3H3,(H,12,13)(H,14,16,17). The van der Waals surface area contributed by atoms with Gasteiger partial charge in [0.15, 0.2) is 5.03 Å². The average molecular weight is 296 g/mol. The Kier molecular flexibility index (Phi) is 3.98. The van der Waals surface area contributed by atoms with Crippen molar-refractivity contribution in [1.82, 2.24) is 25.1 Å². The molecule has 2 aromatic heterocycles. The molecule has 2 rings (SSSR count). The number of aromatic nitrogens is 5. The summed E-state index contributed by atoms with van der Waals surface area (Å²) >= 11 is 0. The number of anilines is 1. The van der Waals surface area contributed by atoms with Crippen molar-refractivity contribution >= 4 is 16.0 Å². The summed E-state index contributed by atoms with van der Waals surface area (Å²) in [5.41, 5.74) is 1.51. The minimum absolute atomic E-state index is 0.0313. The van der Waals surface area contributed by atoms with Gasteiger partial charge in [-0.05, 0) is 19.8 Å². The fourth-order valence-corrected chi connectivity index (χ4v) is 2.60. The molecule has 0 aliphatic carbocycles. The van der Waals surface area contributed by atoms with Crippen molar-refractivity contribution in [2.24, 2.45) is 0 Å². The zero-order valence-electron chi connectivity index (χ0n) is 11.5. The van der Waals surface area contributed by atoms with Crippen molar-refractivity contribution in [3.8, 4) is 0 Å². The van der Waals surface area contributed by atoms with Crippen LogP contribution in [0.1, 0.15) is 31.1 Å². The Morgan fingerprint density at radius 3 is 2.45 bits per heavy atom. The molecule has 0 amide bonds. The van der Waals surface area contributed by atoms with E-state index in [2.05, 4.69) is 29.9 Å². The van der Waals surface area contributed by atoms with Crippen LogP contribution in [0.4, 0.5) is 5.95 Å². The molecule has 0 bridgehead atoms. The van der Waals surface area contributed by atoms with Crippen molar-refractivity contribution in [3.05, 3.63) is 23.4 Å². The molecule has 0 saturated carbocycles. The number of hydrogen-bond acceptors (Lipinski definition) is 6. The van der Waals surface area contributed by atoms with Gasteiger partial charge in [0, 0.05) is 0 Å². The lowest BCUT2D eigenvalue weighted by atomic mass is 10.2. The maximum atomic E-state index is 12.1. The molecule has 8 nitrogen and oxygen atoms in total. The highest BCUT2D eigenvalue weighted by atomic mass is 32.2. The van der Waals surface area contributed by atoms with Gasteiger partial charge in [-0.1, -0.05) is 13.8 Å². The Hall–Kier alpha value is -2.03. The molecule has 0 saturated heterocycles. The fraction of sp³-hybridized carbons (Fsp3) is 0.455. The highest BCUT2D eigenvalue weighted by Gasteiger charge is 2.19. The minimum Gasteiger partial charge on any atom is -0.332 e. The van der Waals surface area contributed by atoms with Crippen molar-refractivity contribution in [2.75, 3.05) is 4.72 Å². The van der Waals surface area contributed by atoms with Gasteiger partial charge in [0.2, 0.25) is 0 Å². The third kappa shape index (κ3) is 2.93. The molecule has 20 heavy (non-hydrogen) atoms. The number of aryl methyl sites for hydroxylation is 3. The number of nitrogens with one attached hydrogen (secondary N) is 2. The Bertz CT molecular complexity index is 709. The molecule has 108 valence electrons. The summed E-state index contributed by atoms with van der Waals surface area (Å²) in [4.78, 5) is 10.7. The van der Waals surface area contributed by atoms with E-state index in [1.165, 1.54) is 6.20 Å². The first-order chi connectivity index (χ1) is 9.46. The number of H-pyrrole nitrogens is 1. The molecular weight excluding hydrogens is 280 g/mol. The normalized spacial score (nSPS) is 11.6. The number of hydrogen-bond donors (Lipinski definition) is 2. The second-order valence-corrected chi connectivity index (χ2v) is 5.83. The van der Waals surface area contributed by atoms with Crippen molar-refractivity contribution in [1.29, 1.82) is 0 Å². The zero-order valence-corrected chi connectivity index (χ0v) is 12.3. The van der Waals surface area contributed by atoms with E-state index < -0.39 is 10.0 Å². The van der Waals surface area contributed by atoms with E-state index in [1.807, 2.05) is 13.8 Å². The van der Waals surface area contributed by atoms with E-state index in [0.29, 0.717) is 18.7 Å². The van der Waals surface area contributed by atoms with Gasteiger partial charge in [0.05, 0.1) is 17.6 Å². The van der Waals surface area contributed by atoms with Crippen LogP contribution in [0.25, 0.3) is 0 Å². The number of sulfonamides is 1. The smallest absolute Gasteiger partial charge is 0.281 e. The summed E-state index contributed by atoms with van der Waals surface area (Å²) < 4.78 is 26.4. The van der Waals surface area contributed by atoms with E-state index in [-0.39, 0.29) is 11.0 Å². The number of imidazole rings is 1. The van der Waals surface area contributed by atoms with Crippen LogP contribution in [0, 0.1) is 6.92 Å². The summed E-state index contributed by atoms with van der Waals surface area (Å²) in [6, 6.07) is 0. The van der Waals surface area contributed by atoms with Crippen LogP contribution in [0.5, 0.6) is 0 Å². The first-order valence-electron chi connectivity index (χ1n) is 6.23. The van der Waals surface area contributed by atoms with Gasteiger partial charge in [-0.25, -0.2) is 14.7 Å². The Balaban J connectivity index is 2.30. The Labute approximate surface area is 117 Å². The van der Waals surface area contributed by atoms with Gasteiger partial charge in [0.25, 0.3) is 16.0 Å². The van der Waals surface area contributed by atoms with Gasteiger partial charge in [0.1, 0.15) is 5.82 Å². The Morgan fingerprint density at radius 2 is 1.90 bits per heavy atom. The number of rotatable bonds is 5. The second kappa shape index (κ2) is 5.53. The van der Waals surface area contributed by atoms with Crippen LogP contribution < -0.4 is 4.72 Å². The molecular formula is C11H16N6O2S. The molecule has 0 aromatic carbocycles. The molecule has 2 aromatic rings. The minimum atomic E-state index is -3.77. The van der Waals surface area contributed by atoms with E-state index >= 15 is 0 Å². The van der Waals surface area contributed by atoms with E-state index in [0.717, 1.165) is 11.4 Å². The van der Waals surface area contributed by atoms with Crippen molar-refractivity contribution in [3.63, 3.8) is 0 Å². The first kappa shape index (κ1) is 14.4. The van der Waals surface area contributed by atoms with Gasteiger partial charge < -0.3 is 4.98 Å². The Morgan fingerprint density at radius 1 is 1.20 bits per heavy atom. The monoisotopic (exact) mass is 296 g/mol. The lowest BCUT2D eigenvalue weighted by Crippen LogP contribution is -2.17. The molecule has 9 heteroatoms. The molecule has 2 N–H and O–H groups in total. The fourth-order valence-electron chi connectivity index (χ4n) is 1.69. The summed E-state index contributed by atoms with van der Waals surface area (Å²) in [5.74, 6) is 0.478. The topological polar surface area (TPSA) is 114 Å². The van der Waals surface area contributed by atoms with Crippen LogP contribution in [-0.2, 0) is 22.9 Å². The number of nitrogens with zero attached hydrogens (tertiary/aromatic N) is 4. The van der Waals surface area contributed by atoms with Gasteiger partial charge in [-0.3, -0.25) is 0 Å². The first-order valence-corrected chi connectivity index (χ1v) is 7.71. The van der Waals surface area contributed by atoms with Crippen molar-refractivity contribution < 1.29 is 8.42 Å². The number of aromatic amines is 1. The van der Waals surface area contributed by atoms with Crippen molar-refractivity contribution in [2.45, 2.75) is 38.6 Å². The maximum absolute atomic E-state index is 12.1. The lowest BCUT2D eigenvalue weighted by Gasteiger charge is -2.07. The van der Waals surface area contributed by atoms with E-state index in [4.69, 9.17) is 0 Å². The van der Waals surface area contributed by atoms with E-state index in [9.17, 15) is 8.42 Å². The summed E-state index contributed by atoms with van der Waals surface area (Å²) in [6.07, 6.45) is 2.61. The largest absolute Gasteiger partial charge is 0.332 e. The van der Waals surface area contributed by atoms with Crippen LogP contribution in [0.15, 0.2) is 11.2 Å². The predicted molar refractivity (Wildman–Crippen MR) is 72.7 cm³/mol. The third-order valence-electron chi connectivity index (χ3n) is 2.70. The quantitative estimate of drug-likeness (QED) is 0.844. The second-order valence-electron chi connectivity index (χ2n) is 4.17. The summed E-state index contributed by atoms with van der Waals surface area (Å²) in [7, 11) is -3.77. The van der Waals surface area contributed by atoms with Crippen LogP contribution in [-0.4, -0.2) is 33.6 Å². The molecule has 0 unspecified atom stereocenters. The molecule has 0 atom stereocenters. The lowest BCUT2D eigenvalue weighted by molar-refractivity contribution is 0.597. The van der Waals surface area contributed by atoms with Crippen LogP contribution >= 0.6 is 0 Å². The van der Waals surface area contributed by atoms with Crippen LogP contribution in [0.2, 0.25) is 0 Å². The molecule has 0 fully saturated rings. The molecule has 0 radical (unpaired) electrons. The SMILES string of the molecule is CCc1nnc(NS(=O)(=O)c2cnc(C)[nH]2)nc1CC. The summed E-state index contributed by atoms with van der Waals surface area (Å²) in [6.45, 7) is 5.55. The van der Waals surface area contributed by atoms with Crippen LogP contribution in [0.3, 0.4) is 0 Å². The highest BCUT2D eigenvalue weighted by molar-refractivity contribution is 7.92. The van der Waals surface area contributed by atoms with Gasteiger partial charge >= 0.3 is 0 Å². The third-order valence-corrected chi connectivity index (χ3v) is 3.94. The van der Waals surface area contributed by atoms with Gasteiger partial charge in [-0.15, -0.1) is 10.2 Å². The average Bonchev–Trinajstić information content (AvgIpc) is 2.85. The predicted octanol–water partition coefficient (Wildman–Crippen LogP) is 0.829. The zero-order chi connectivity index (χ0) is 14.8. The molecule has 0 aliphatic rings. The molecule has 0 aliphatic heterocycles. The highest BCUT2D eigenvalue weighted by Crippen LogP contribution is 2.12. The molecule has 2 heterocycles. The maximum Gasteiger partial charge on any atom is 0.281 e.